The number of ether oxygens (including phenoxy) is 1. The van der Waals surface area contributed by atoms with Crippen molar-refractivity contribution in [3.63, 3.8) is 0 Å². The van der Waals surface area contributed by atoms with Crippen molar-refractivity contribution >= 4 is 28.8 Å². The number of para-hydroxylation sites is 1. The maximum absolute atomic E-state index is 14.1. The van der Waals surface area contributed by atoms with Gasteiger partial charge in [0.1, 0.15) is 17.5 Å². The zero-order valence-corrected chi connectivity index (χ0v) is 31.2. The molecule has 0 spiro atoms. The minimum atomic E-state index is -1.10. The third kappa shape index (κ3) is 11.2. The van der Waals surface area contributed by atoms with E-state index in [1.165, 1.54) is 0 Å². The van der Waals surface area contributed by atoms with Crippen LogP contribution in [0.1, 0.15) is 82.6 Å². The number of aromatic amines is 2. The monoisotopic (exact) mass is 700 g/mol. The van der Waals surface area contributed by atoms with Gasteiger partial charge in [0.05, 0.1) is 11.5 Å². The lowest BCUT2D eigenvalue weighted by Gasteiger charge is -2.28. The predicted molar refractivity (Wildman–Crippen MR) is 201 cm³/mol. The van der Waals surface area contributed by atoms with E-state index >= 15 is 0 Å². The van der Waals surface area contributed by atoms with Gasteiger partial charge in [-0.25, -0.2) is 14.6 Å². The highest BCUT2D eigenvalue weighted by atomic mass is 16.6. The van der Waals surface area contributed by atoms with Crippen molar-refractivity contribution in [2.75, 3.05) is 33.7 Å². The molecular formula is C39H56N8O4. The quantitative estimate of drug-likeness (QED) is 0.0749. The summed E-state index contributed by atoms with van der Waals surface area (Å²) in [7, 11) is 3.97. The average Bonchev–Trinajstić information content (AvgIpc) is 3.74. The van der Waals surface area contributed by atoms with Crippen molar-refractivity contribution in [1.82, 2.24) is 35.4 Å². The fourth-order valence-electron chi connectivity index (χ4n) is 5.76. The smallest absolute Gasteiger partial charge is 0.329 e. The number of amides is 3. The first-order valence-electron chi connectivity index (χ1n) is 17.8. The zero-order valence-electron chi connectivity index (χ0n) is 31.2. The van der Waals surface area contributed by atoms with Crippen LogP contribution < -0.4 is 16.4 Å². The number of nitrogens with one attached hydrogen (secondary N) is 4. The molecule has 3 amide bonds. The maximum Gasteiger partial charge on any atom is 0.329 e. The summed E-state index contributed by atoms with van der Waals surface area (Å²) in [5.41, 5.74) is 7.49. The largest absolute Gasteiger partial charge is 0.458 e. The van der Waals surface area contributed by atoms with Crippen molar-refractivity contribution in [3.05, 3.63) is 89.6 Å². The first-order chi connectivity index (χ1) is 24.2. The van der Waals surface area contributed by atoms with Gasteiger partial charge >= 0.3 is 12.0 Å². The predicted octanol–water partition coefficient (Wildman–Crippen LogP) is 5.18. The first-order valence-corrected chi connectivity index (χ1v) is 17.8. The normalized spacial score (nSPS) is 13.2. The molecule has 0 bridgehead atoms. The summed E-state index contributed by atoms with van der Waals surface area (Å²) < 4.78 is 5.64. The number of unbranched alkanes of at least 4 members (excludes halogenated alkanes) is 1. The van der Waals surface area contributed by atoms with Gasteiger partial charge in [0, 0.05) is 55.0 Å². The Labute approximate surface area is 301 Å². The number of carbonyl (C=O) groups excluding carboxylic acids is 3. The number of hydrogen-bond donors (Lipinski definition) is 5. The number of esters is 1. The third-order valence-corrected chi connectivity index (χ3v) is 8.83. The van der Waals surface area contributed by atoms with Crippen molar-refractivity contribution in [3.8, 4) is 0 Å². The summed E-state index contributed by atoms with van der Waals surface area (Å²) in [6.07, 6.45) is 5.84. The van der Waals surface area contributed by atoms with Crippen LogP contribution in [-0.4, -0.2) is 88.0 Å². The lowest BCUT2D eigenvalue weighted by Crippen LogP contribution is -2.50. The van der Waals surface area contributed by atoms with Crippen LogP contribution in [0.3, 0.4) is 0 Å². The van der Waals surface area contributed by atoms with E-state index < -0.39 is 29.1 Å². The number of carbonyl (C=O) groups is 3. The van der Waals surface area contributed by atoms with Gasteiger partial charge in [-0.1, -0.05) is 48.5 Å². The number of likely N-dealkylation sites (N-methyl/N-ethyl adjacent to an activating group) is 1. The van der Waals surface area contributed by atoms with Crippen LogP contribution in [0.25, 0.3) is 10.9 Å². The topological polar surface area (TPSA) is 161 Å². The number of aromatic nitrogens is 3. The Hall–Kier alpha value is -4.68. The van der Waals surface area contributed by atoms with Crippen LogP contribution in [0.5, 0.6) is 0 Å². The summed E-state index contributed by atoms with van der Waals surface area (Å²) in [5, 5.41) is 7.26. The zero-order chi connectivity index (χ0) is 37.2. The second kappa shape index (κ2) is 17.5. The molecular weight excluding hydrogens is 644 g/mol. The first kappa shape index (κ1) is 39.1. The molecule has 2 heterocycles. The molecule has 4 rings (SSSR count). The second-order valence-electron chi connectivity index (χ2n) is 14.9. The molecule has 276 valence electrons. The Kier molecular flexibility index (Phi) is 13.4. The number of benzene rings is 2. The molecule has 0 fully saturated rings. The molecule has 0 aliphatic rings. The Balaban J connectivity index is 1.61. The number of hydrogen-bond acceptors (Lipinski definition) is 7. The van der Waals surface area contributed by atoms with E-state index in [1.54, 1.807) is 45.7 Å². The van der Waals surface area contributed by atoms with E-state index in [-0.39, 0.29) is 11.9 Å². The molecule has 0 unspecified atom stereocenters. The number of rotatable bonds is 17. The van der Waals surface area contributed by atoms with Gasteiger partial charge in [-0.3, -0.25) is 4.79 Å². The van der Waals surface area contributed by atoms with Gasteiger partial charge in [-0.2, -0.15) is 0 Å². The molecule has 12 nitrogen and oxygen atoms in total. The Morgan fingerprint density at radius 2 is 1.65 bits per heavy atom. The summed E-state index contributed by atoms with van der Waals surface area (Å²) in [4.78, 5) is 56.3. The molecule has 0 radical (unpaired) electrons. The lowest BCUT2D eigenvalue weighted by atomic mass is 9.88. The summed E-state index contributed by atoms with van der Waals surface area (Å²) in [6.45, 7) is 11.1. The van der Waals surface area contributed by atoms with Gasteiger partial charge in [0.2, 0.25) is 5.91 Å². The Morgan fingerprint density at radius 1 is 0.941 bits per heavy atom. The van der Waals surface area contributed by atoms with Crippen LogP contribution in [0.15, 0.2) is 67.0 Å². The van der Waals surface area contributed by atoms with E-state index in [1.807, 2.05) is 73.7 Å². The van der Waals surface area contributed by atoms with E-state index in [4.69, 9.17) is 15.5 Å². The van der Waals surface area contributed by atoms with Crippen molar-refractivity contribution in [2.24, 2.45) is 5.73 Å². The number of imidazole rings is 1. The molecule has 2 atom stereocenters. The standard InChI is InChI=1S/C39H56N8O4/c1-38(2,3)51-35(48)31(19-13-14-20-40)43-36(49)39(4,5)33-25-42-34(45-33)32(23-28-24-41-30-18-12-11-17-29(28)30)44-37(50)47(22-21-46(6)7)26-27-15-9-8-10-16-27/h8-12,15-18,24-25,31-32,41H,13-14,19-23,26,40H2,1-7H3,(H,42,45)(H,43,49)(H,44,50)/t31-,32-/m1/s1. The Morgan fingerprint density at radius 3 is 2.33 bits per heavy atom. The average molecular weight is 701 g/mol. The number of nitrogens with zero attached hydrogens (tertiary/aromatic N) is 3. The van der Waals surface area contributed by atoms with Crippen LogP contribution in [0, 0.1) is 0 Å². The number of H-pyrrole nitrogens is 2. The summed E-state index contributed by atoms with van der Waals surface area (Å²) >= 11 is 0. The minimum absolute atomic E-state index is 0.224. The third-order valence-electron chi connectivity index (χ3n) is 8.83. The fraction of sp³-hybridized carbons (Fsp3) is 0.487. The molecule has 12 heteroatoms. The van der Waals surface area contributed by atoms with Crippen LogP contribution in [-0.2, 0) is 32.7 Å². The van der Waals surface area contributed by atoms with Crippen molar-refractivity contribution in [2.45, 2.75) is 89.9 Å². The van der Waals surface area contributed by atoms with Crippen molar-refractivity contribution in [1.29, 1.82) is 0 Å². The summed E-state index contributed by atoms with van der Waals surface area (Å²) in [6, 6.07) is 16.4. The minimum Gasteiger partial charge on any atom is -0.458 e. The maximum atomic E-state index is 14.1. The van der Waals surface area contributed by atoms with Gasteiger partial charge < -0.3 is 40.9 Å². The van der Waals surface area contributed by atoms with Gasteiger partial charge in [-0.15, -0.1) is 0 Å². The van der Waals surface area contributed by atoms with E-state index in [9.17, 15) is 14.4 Å². The molecule has 0 saturated heterocycles. The van der Waals surface area contributed by atoms with Crippen LogP contribution in [0.4, 0.5) is 4.79 Å². The second-order valence-corrected chi connectivity index (χ2v) is 14.9. The highest BCUT2D eigenvalue weighted by Gasteiger charge is 2.36. The number of nitrogens with two attached hydrogens (primary N) is 1. The molecule has 4 aromatic rings. The number of urea groups is 1. The molecule has 0 aliphatic carbocycles. The number of fused-ring (bicyclic) bond motifs is 1. The molecule has 0 saturated carbocycles. The fourth-order valence-corrected chi connectivity index (χ4v) is 5.76. The SMILES string of the molecule is CN(C)CCN(Cc1ccccc1)C(=O)N[C@H](Cc1c[nH]c2ccccc12)c1ncc(C(C)(C)C(=O)N[C@H](CCCCN)C(=O)OC(C)(C)C)[nH]1. The summed E-state index contributed by atoms with van der Waals surface area (Å²) in [5.74, 6) is -0.315. The molecule has 0 aliphatic heterocycles. The van der Waals surface area contributed by atoms with Crippen LogP contribution >= 0.6 is 0 Å². The lowest BCUT2D eigenvalue weighted by molar-refractivity contribution is -0.159. The van der Waals surface area contributed by atoms with Gasteiger partial charge in [0.25, 0.3) is 0 Å². The van der Waals surface area contributed by atoms with Crippen LogP contribution in [0.2, 0.25) is 0 Å². The molecule has 2 aromatic heterocycles. The van der Waals surface area contributed by atoms with Gasteiger partial charge in [-0.05, 0) is 91.7 Å². The highest BCUT2D eigenvalue weighted by molar-refractivity contribution is 5.91. The molecule has 2 aromatic carbocycles. The Bertz CT molecular complexity index is 1720. The highest BCUT2D eigenvalue weighted by Crippen LogP contribution is 2.28. The molecule has 6 N–H and O–H groups in total. The van der Waals surface area contributed by atoms with E-state index in [0.29, 0.717) is 57.0 Å². The molecule has 51 heavy (non-hydrogen) atoms. The van der Waals surface area contributed by atoms with E-state index in [0.717, 1.165) is 28.5 Å². The van der Waals surface area contributed by atoms with E-state index in [2.05, 4.69) is 26.7 Å². The van der Waals surface area contributed by atoms with Gasteiger partial charge in [0.15, 0.2) is 0 Å². The van der Waals surface area contributed by atoms with Crippen molar-refractivity contribution < 1.29 is 19.1 Å².